The molecule has 15 heavy (non-hydrogen) atoms. The van der Waals surface area contributed by atoms with E-state index in [0.29, 0.717) is 4.75 Å². The van der Waals surface area contributed by atoms with Crippen molar-refractivity contribution in [3.8, 4) is 0 Å². The summed E-state index contributed by atoms with van der Waals surface area (Å²) < 4.78 is 0.421. The van der Waals surface area contributed by atoms with E-state index in [1.54, 1.807) is 0 Å². The molecule has 0 aromatic carbocycles. The third-order valence-corrected chi connectivity index (χ3v) is 4.61. The van der Waals surface area contributed by atoms with E-state index in [-0.39, 0.29) is 12.4 Å². The van der Waals surface area contributed by atoms with Gasteiger partial charge in [0.15, 0.2) is 0 Å². The second-order valence-corrected chi connectivity index (χ2v) is 7.95. The van der Waals surface area contributed by atoms with E-state index >= 15 is 0 Å². The molecule has 1 nitrogen and oxygen atoms in total. The number of hydrogen-bond acceptors (Lipinski definition) is 3. The lowest BCUT2D eigenvalue weighted by Crippen LogP contribution is -2.34. The number of nitrogens with one attached hydrogen (secondary N) is 1. The molecule has 1 heterocycles. The van der Waals surface area contributed by atoms with Crippen LogP contribution in [0.1, 0.15) is 33.6 Å². The molecule has 92 valence electrons. The van der Waals surface area contributed by atoms with Crippen LogP contribution in [0.25, 0.3) is 0 Å². The maximum absolute atomic E-state index is 3.66. The first kappa shape index (κ1) is 16.0. The maximum Gasteiger partial charge on any atom is 0.00831 e. The molecule has 1 fully saturated rings. The zero-order chi connectivity index (χ0) is 10.4. The number of thioether (sulfide) groups is 2. The van der Waals surface area contributed by atoms with Gasteiger partial charge in [-0.1, -0.05) is 20.8 Å². The number of rotatable bonds is 4. The van der Waals surface area contributed by atoms with Crippen molar-refractivity contribution < 1.29 is 0 Å². The Kier molecular flexibility index (Phi) is 8.61. The number of hydrogen-bond donors (Lipinski definition) is 1. The highest BCUT2D eigenvalue weighted by molar-refractivity contribution is 8.00. The van der Waals surface area contributed by atoms with Crippen molar-refractivity contribution in [2.75, 3.05) is 23.8 Å². The fraction of sp³-hybridized carbons (Fsp3) is 1.00. The summed E-state index contributed by atoms with van der Waals surface area (Å²) >= 11 is 4.15. The van der Waals surface area contributed by atoms with Crippen LogP contribution < -0.4 is 5.32 Å². The topological polar surface area (TPSA) is 12.0 Å². The second kappa shape index (κ2) is 8.10. The third-order valence-electron chi connectivity index (χ3n) is 2.29. The van der Waals surface area contributed by atoms with Crippen LogP contribution in [0.5, 0.6) is 0 Å². The lowest BCUT2D eigenvalue weighted by atomic mass is 10.1. The van der Waals surface area contributed by atoms with Crippen molar-refractivity contribution in [1.29, 1.82) is 0 Å². The van der Waals surface area contributed by atoms with E-state index in [9.17, 15) is 0 Å². The van der Waals surface area contributed by atoms with Gasteiger partial charge >= 0.3 is 0 Å². The van der Waals surface area contributed by atoms with Gasteiger partial charge in [0.05, 0.1) is 0 Å². The molecule has 0 atom stereocenters. The largest absolute Gasteiger partial charge is 0.313 e. The molecule has 1 saturated heterocycles. The van der Waals surface area contributed by atoms with E-state index in [2.05, 4.69) is 49.6 Å². The summed E-state index contributed by atoms with van der Waals surface area (Å²) in [6, 6.07) is 0.803. The van der Waals surface area contributed by atoms with Gasteiger partial charge in [0, 0.05) is 23.1 Å². The molecule has 1 aliphatic rings. The van der Waals surface area contributed by atoms with Crippen LogP contribution >= 0.6 is 35.9 Å². The van der Waals surface area contributed by atoms with E-state index in [0.717, 1.165) is 6.04 Å². The first-order valence-electron chi connectivity index (χ1n) is 5.53. The Labute approximate surface area is 109 Å². The van der Waals surface area contributed by atoms with Crippen molar-refractivity contribution in [1.82, 2.24) is 5.32 Å². The van der Waals surface area contributed by atoms with Crippen LogP contribution in [0.15, 0.2) is 0 Å². The molecule has 0 radical (unpaired) electrons. The van der Waals surface area contributed by atoms with Crippen LogP contribution in [-0.4, -0.2) is 34.6 Å². The van der Waals surface area contributed by atoms with Crippen LogP contribution in [0.2, 0.25) is 0 Å². The van der Waals surface area contributed by atoms with Crippen molar-refractivity contribution in [2.24, 2.45) is 0 Å². The molecule has 0 spiro atoms. The van der Waals surface area contributed by atoms with Crippen LogP contribution in [0.4, 0.5) is 0 Å². The average molecular weight is 270 g/mol. The zero-order valence-corrected chi connectivity index (χ0v) is 12.5. The van der Waals surface area contributed by atoms with Gasteiger partial charge in [-0.3, -0.25) is 0 Å². The summed E-state index contributed by atoms with van der Waals surface area (Å²) in [5.74, 6) is 3.95. The predicted octanol–water partition coefficient (Wildman–Crippen LogP) is 3.43. The molecule has 1 aliphatic heterocycles. The van der Waals surface area contributed by atoms with Crippen molar-refractivity contribution in [2.45, 2.75) is 44.4 Å². The highest BCUT2D eigenvalue weighted by Crippen LogP contribution is 2.22. The Morgan fingerprint density at radius 3 is 2.40 bits per heavy atom. The Morgan fingerprint density at radius 1 is 1.27 bits per heavy atom. The minimum absolute atomic E-state index is 0. The zero-order valence-electron chi connectivity index (χ0n) is 10.0. The van der Waals surface area contributed by atoms with E-state index in [4.69, 9.17) is 0 Å². The van der Waals surface area contributed by atoms with Crippen molar-refractivity contribution in [3.05, 3.63) is 0 Å². The van der Waals surface area contributed by atoms with Crippen LogP contribution in [0.3, 0.4) is 0 Å². The van der Waals surface area contributed by atoms with Gasteiger partial charge in [0.2, 0.25) is 0 Å². The summed E-state index contributed by atoms with van der Waals surface area (Å²) in [5.41, 5.74) is 0. The monoisotopic (exact) mass is 269 g/mol. The first-order valence-corrected chi connectivity index (χ1v) is 7.67. The van der Waals surface area contributed by atoms with Gasteiger partial charge in [-0.25, -0.2) is 0 Å². The van der Waals surface area contributed by atoms with E-state index in [1.807, 2.05) is 0 Å². The first-order chi connectivity index (χ1) is 6.58. The van der Waals surface area contributed by atoms with Gasteiger partial charge < -0.3 is 5.32 Å². The fourth-order valence-electron chi connectivity index (χ4n) is 1.52. The maximum atomic E-state index is 3.66. The van der Waals surface area contributed by atoms with Gasteiger partial charge in [0.1, 0.15) is 0 Å². The highest BCUT2D eigenvalue weighted by Gasteiger charge is 2.13. The molecule has 1 N–H and O–H groups in total. The van der Waals surface area contributed by atoms with Gasteiger partial charge in [-0.2, -0.15) is 23.5 Å². The molecule has 0 aromatic rings. The smallest absolute Gasteiger partial charge is 0.00831 e. The van der Waals surface area contributed by atoms with Crippen LogP contribution in [-0.2, 0) is 0 Å². The summed E-state index contributed by atoms with van der Waals surface area (Å²) in [5, 5.41) is 3.66. The SMILES string of the molecule is CC(C)(C)SCCNC1CCSCC1.Cl. The molecule has 0 unspecified atom stereocenters. The van der Waals surface area contributed by atoms with E-state index in [1.165, 1.54) is 36.6 Å². The molecule has 0 aromatic heterocycles. The Morgan fingerprint density at radius 2 is 1.87 bits per heavy atom. The molecular formula is C11H24ClNS2. The highest BCUT2D eigenvalue weighted by atomic mass is 35.5. The predicted molar refractivity (Wildman–Crippen MR) is 77.8 cm³/mol. The van der Waals surface area contributed by atoms with Gasteiger partial charge in [0.25, 0.3) is 0 Å². The minimum Gasteiger partial charge on any atom is -0.313 e. The molecular weight excluding hydrogens is 246 g/mol. The minimum atomic E-state index is 0. The summed E-state index contributed by atoms with van der Waals surface area (Å²) in [6.45, 7) is 8.04. The van der Waals surface area contributed by atoms with Crippen LogP contribution in [0, 0.1) is 0 Å². The Bertz CT molecular complexity index is 153. The Hall–Kier alpha value is 0.950. The quantitative estimate of drug-likeness (QED) is 0.786. The molecule has 0 amide bonds. The number of halogens is 1. The molecule has 0 aliphatic carbocycles. The summed E-state index contributed by atoms with van der Waals surface area (Å²) in [7, 11) is 0. The third kappa shape index (κ3) is 8.73. The summed E-state index contributed by atoms with van der Waals surface area (Å²) in [6.07, 6.45) is 2.73. The van der Waals surface area contributed by atoms with Gasteiger partial charge in [-0.05, 0) is 24.3 Å². The fourth-order valence-corrected chi connectivity index (χ4v) is 3.46. The van der Waals surface area contributed by atoms with E-state index < -0.39 is 0 Å². The molecule has 1 rings (SSSR count). The summed E-state index contributed by atoms with van der Waals surface area (Å²) in [4.78, 5) is 0. The normalized spacial score (nSPS) is 18.6. The molecule has 0 saturated carbocycles. The lowest BCUT2D eigenvalue weighted by molar-refractivity contribution is 0.499. The Balaban J connectivity index is 0.00000196. The second-order valence-electron chi connectivity index (χ2n) is 4.80. The van der Waals surface area contributed by atoms with Crippen molar-refractivity contribution in [3.63, 3.8) is 0 Å². The van der Waals surface area contributed by atoms with Gasteiger partial charge in [-0.15, -0.1) is 12.4 Å². The standard InChI is InChI=1S/C11H23NS2.ClH/c1-11(2,3)14-9-6-12-10-4-7-13-8-5-10;/h10,12H,4-9H2,1-3H3;1H. The lowest BCUT2D eigenvalue weighted by Gasteiger charge is -2.23. The average Bonchev–Trinajstić information content (AvgIpc) is 2.13. The van der Waals surface area contributed by atoms with Crippen molar-refractivity contribution >= 4 is 35.9 Å². The molecule has 4 heteroatoms. The molecule has 0 bridgehead atoms.